The van der Waals surface area contributed by atoms with Crippen molar-refractivity contribution >= 4 is 35.8 Å². The van der Waals surface area contributed by atoms with Crippen LogP contribution in [0, 0.1) is 6.92 Å². The largest absolute Gasteiger partial charge is 0.492 e. The number of aryl methyl sites for hydroxylation is 2. The quantitative estimate of drug-likeness (QED) is 0.210. The van der Waals surface area contributed by atoms with Crippen molar-refractivity contribution in [3.05, 3.63) is 42.0 Å². The maximum absolute atomic E-state index is 11.9. The highest BCUT2D eigenvalue weighted by Gasteiger charge is 2.06. The van der Waals surface area contributed by atoms with Crippen molar-refractivity contribution < 1.29 is 9.53 Å². The lowest BCUT2D eigenvalue weighted by Gasteiger charge is -2.15. The van der Waals surface area contributed by atoms with E-state index in [2.05, 4.69) is 25.8 Å². The molecule has 0 aliphatic carbocycles. The molecular formula is C20H32IN7O2. The number of nitrogens with one attached hydrogen (secondary N) is 2. The molecule has 0 unspecified atom stereocenters. The van der Waals surface area contributed by atoms with Gasteiger partial charge in [0.05, 0.1) is 6.54 Å². The Balaban J connectivity index is 0.00000450. The Kier molecular flexibility index (Phi) is 11.8. The summed E-state index contributed by atoms with van der Waals surface area (Å²) in [4.78, 5) is 17.7. The van der Waals surface area contributed by atoms with Crippen LogP contribution in [0.25, 0.3) is 0 Å². The van der Waals surface area contributed by atoms with Crippen LogP contribution < -0.4 is 15.4 Å². The minimum absolute atomic E-state index is 0. The first kappa shape index (κ1) is 25.7. The molecule has 0 bridgehead atoms. The van der Waals surface area contributed by atoms with Crippen LogP contribution in [0.3, 0.4) is 0 Å². The second-order valence-electron chi connectivity index (χ2n) is 6.76. The summed E-state index contributed by atoms with van der Waals surface area (Å²) in [5.74, 6) is 2.27. The molecule has 0 radical (unpaired) electrons. The molecule has 0 saturated carbocycles. The minimum atomic E-state index is -0.0610. The summed E-state index contributed by atoms with van der Waals surface area (Å²) < 4.78 is 7.72. The van der Waals surface area contributed by atoms with E-state index in [-0.39, 0.29) is 36.4 Å². The van der Waals surface area contributed by atoms with Gasteiger partial charge in [0.25, 0.3) is 0 Å². The number of nitrogens with zero attached hydrogens (tertiary/aromatic N) is 5. The van der Waals surface area contributed by atoms with Gasteiger partial charge in [-0.15, -0.1) is 34.2 Å². The molecule has 1 aromatic heterocycles. The van der Waals surface area contributed by atoms with Crippen LogP contribution in [-0.4, -0.2) is 71.9 Å². The van der Waals surface area contributed by atoms with Gasteiger partial charge in [-0.1, -0.05) is 24.6 Å². The Labute approximate surface area is 195 Å². The third kappa shape index (κ3) is 8.97. The van der Waals surface area contributed by atoms with Gasteiger partial charge in [-0.2, -0.15) is 0 Å². The molecule has 30 heavy (non-hydrogen) atoms. The molecule has 2 N–H and O–H groups in total. The first-order chi connectivity index (χ1) is 14.0. The van der Waals surface area contributed by atoms with E-state index in [4.69, 9.17) is 4.74 Å². The number of rotatable bonds is 10. The summed E-state index contributed by atoms with van der Waals surface area (Å²) in [7, 11) is 3.43. The Morgan fingerprint density at radius 1 is 1.20 bits per heavy atom. The highest BCUT2D eigenvalue weighted by Crippen LogP contribution is 2.10. The Morgan fingerprint density at radius 3 is 2.57 bits per heavy atom. The average molecular weight is 529 g/mol. The Bertz CT molecular complexity index is 791. The van der Waals surface area contributed by atoms with Crippen molar-refractivity contribution in [3.8, 4) is 5.75 Å². The van der Waals surface area contributed by atoms with E-state index in [1.54, 1.807) is 20.4 Å². The second-order valence-corrected chi connectivity index (χ2v) is 6.76. The van der Waals surface area contributed by atoms with Crippen molar-refractivity contribution in [1.82, 2.24) is 30.3 Å². The van der Waals surface area contributed by atoms with E-state index >= 15 is 0 Å². The number of halogens is 1. The molecular weight excluding hydrogens is 497 g/mol. The van der Waals surface area contributed by atoms with Gasteiger partial charge in [-0.3, -0.25) is 4.79 Å². The van der Waals surface area contributed by atoms with Gasteiger partial charge < -0.3 is 24.8 Å². The molecule has 2 aromatic rings. The molecule has 0 aliphatic rings. The molecule has 0 saturated heterocycles. The molecule has 0 aliphatic heterocycles. The predicted molar refractivity (Wildman–Crippen MR) is 128 cm³/mol. The smallest absolute Gasteiger partial charge is 0.243 e. The van der Waals surface area contributed by atoms with Crippen LogP contribution in [0.5, 0.6) is 5.75 Å². The molecule has 1 amide bonds. The van der Waals surface area contributed by atoms with Crippen LogP contribution in [-0.2, 0) is 17.8 Å². The molecule has 1 aromatic carbocycles. The standard InChI is InChI=1S/C20H31N7O2.HI/c1-5-18-25-24-15-27(18)12-10-21-20(23-14-19(28)26(3)4)22-11-13-29-17-8-6-16(2)7-9-17;/h6-9,15H,5,10-14H2,1-4H3,(H2,21,22,23);1H. The predicted octanol–water partition coefficient (Wildman–Crippen LogP) is 1.47. The molecule has 10 heteroatoms. The molecule has 9 nitrogen and oxygen atoms in total. The fraction of sp³-hybridized carbons (Fsp3) is 0.500. The molecule has 1 heterocycles. The maximum atomic E-state index is 11.9. The first-order valence-electron chi connectivity index (χ1n) is 9.78. The Hall–Kier alpha value is -2.37. The number of hydrogen-bond donors (Lipinski definition) is 2. The lowest BCUT2D eigenvalue weighted by molar-refractivity contribution is -0.127. The van der Waals surface area contributed by atoms with E-state index in [9.17, 15) is 4.79 Å². The van der Waals surface area contributed by atoms with Gasteiger partial charge in [-0.05, 0) is 19.1 Å². The van der Waals surface area contributed by atoms with Gasteiger partial charge in [0.1, 0.15) is 31.1 Å². The number of amides is 1. The number of hydrogen-bond acceptors (Lipinski definition) is 5. The summed E-state index contributed by atoms with van der Waals surface area (Å²) in [5.41, 5.74) is 1.19. The van der Waals surface area contributed by atoms with E-state index in [0.717, 1.165) is 18.0 Å². The monoisotopic (exact) mass is 529 g/mol. The molecule has 2 rings (SSSR count). The number of benzene rings is 1. The van der Waals surface area contributed by atoms with Gasteiger partial charge in [0, 0.05) is 33.6 Å². The van der Waals surface area contributed by atoms with Crippen molar-refractivity contribution in [2.75, 3.05) is 40.3 Å². The number of guanidine groups is 1. The molecule has 0 spiro atoms. The zero-order valence-electron chi connectivity index (χ0n) is 18.1. The van der Waals surface area contributed by atoms with E-state index < -0.39 is 0 Å². The van der Waals surface area contributed by atoms with Crippen LogP contribution in [0.2, 0.25) is 0 Å². The van der Waals surface area contributed by atoms with Crippen molar-refractivity contribution in [2.24, 2.45) is 4.99 Å². The number of carbonyl (C=O) groups is 1. The fourth-order valence-corrected chi connectivity index (χ4v) is 2.47. The summed E-state index contributed by atoms with van der Waals surface area (Å²) in [6.07, 6.45) is 2.54. The third-order valence-electron chi connectivity index (χ3n) is 4.21. The summed E-state index contributed by atoms with van der Waals surface area (Å²) in [5, 5.41) is 14.5. The number of ether oxygens (including phenoxy) is 1. The highest BCUT2D eigenvalue weighted by molar-refractivity contribution is 14.0. The summed E-state index contributed by atoms with van der Waals surface area (Å²) >= 11 is 0. The van der Waals surface area contributed by atoms with Crippen LogP contribution in [0.4, 0.5) is 0 Å². The van der Waals surface area contributed by atoms with Crippen molar-refractivity contribution in [2.45, 2.75) is 26.8 Å². The SMILES string of the molecule is CCc1nncn1CCNC(=NCC(=O)N(C)C)NCCOc1ccc(C)cc1.I. The van der Waals surface area contributed by atoms with Crippen molar-refractivity contribution in [1.29, 1.82) is 0 Å². The fourth-order valence-electron chi connectivity index (χ4n) is 2.47. The lowest BCUT2D eigenvalue weighted by Crippen LogP contribution is -2.41. The number of aliphatic imine (C=N–C) groups is 1. The van der Waals surface area contributed by atoms with Gasteiger partial charge in [0.15, 0.2) is 5.96 Å². The third-order valence-corrected chi connectivity index (χ3v) is 4.21. The van der Waals surface area contributed by atoms with E-state index in [1.165, 1.54) is 10.5 Å². The van der Waals surface area contributed by atoms with Gasteiger partial charge in [0.2, 0.25) is 5.91 Å². The van der Waals surface area contributed by atoms with Gasteiger partial charge in [-0.25, -0.2) is 4.99 Å². The summed E-state index contributed by atoms with van der Waals surface area (Å²) in [6, 6.07) is 7.92. The number of likely N-dealkylation sites (N-methyl/N-ethyl adjacent to an activating group) is 1. The zero-order valence-corrected chi connectivity index (χ0v) is 20.4. The summed E-state index contributed by atoms with van der Waals surface area (Å²) in [6.45, 7) is 6.54. The van der Waals surface area contributed by atoms with Crippen LogP contribution in [0.1, 0.15) is 18.3 Å². The average Bonchev–Trinajstić information content (AvgIpc) is 3.17. The molecule has 166 valence electrons. The number of carbonyl (C=O) groups excluding carboxylic acids is 1. The zero-order chi connectivity index (χ0) is 21.1. The molecule has 0 fully saturated rings. The number of aromatic nitrogens is 3. The van der Waals surface area contributed by atoms with Crippen LogP contribution >= 0.6 is 24.0 Å². The van der Waals surface area contributed by atoms with E-state index in [0.29, 0.717) is 32.2 Å². The molecule has 0 atom stereocenters. The normalized spacial score (nSPS) is 10.9. The minimum Gasteiger partial charge on any atom is -0.492 e. The Morgan fingerprint density at radius 2 is 1.90 bits per heavy atom. The van der Waals surface area contributed by atoms with Gasteiger partial charge >= 0.3 is 0 Å². The van der Waals surface area contributed by atoms with Crippen LogP contribution in [0.15, 0.2) is 35.6 Å². The first-order valence-corrected chi connectivity index (χ1v) is 9.78. The topological polar surface area (TPSA) is 96.7 Å². The second kappa shape index (κ2) is 13.8. The highest BCUT2D eigenvalue weighted by atomic mass is 127. The van der Waals surface area contributed by atoms with Crippen molar-refractivity contribution in [3.63, 3.8) is 0 Å². The van der Waals surface area contributed by atoms with E-state index in [1.807, 2.05) is 42.7 Å². The maximum Gasteiger partial charge on any atom is 0.243 e. The lowest BCUT2D eigenvalue weighted by atomic mass is 10.2.